The van der Waals surface area contributed by atoms with Crippen molar-refractivity contribution in [3.05, 3.63) is 53.3 Å². The van der Waals surface area contributed by atoms with E-state index >= 15 is 0 Å². The Balaban J connectivity index is 2.47. The molecule has 0 amide bonds. The van der Waals surface area contributed by atoms with E-state index in [9.17, 15) is 12.8 Å². The van der Waals surface area contributed by atoms with Crippen molar-refractivity contribution in [2.45, 2.75) is 17.6 Å². The fourth-order valence-corrected chi connectivity index (χ4v) is 3.59. The first-order chi connectivity index (χ1) is 9.83. The van der Waals surface area contributed by atoms with Gasteiger partial charge in [-0.15, -0.1) is 0 Å². The molecule has 0 atom stereocenters. The van der Waals surface area contributed by atoms with E-state index in [4.69, 9.17) is 10.5 Å². The molecule has 112 valence electrons. The van der Waals surface area contributed by atoms with Crippen LogP contribution in [0.25, 0.3) is 0 Å². The molecule has 0 aliphatic rings. The summed E-state index contributed by atoms with van der Waals surface area (Å²) in [6.07, 6.45) is 0. The highest BCUT2D eigenvalue weighted by Gasteiger charge is 2.21. The average molecular weight is 309 g/mol. The number of ether oxygens (including phenoxy) is 1. The maximum Gasteiger partial charge on any atom is 0.184 e. The first-order valence-electron chi connectivity index (χ1n) is 6.25. The van der Waals surface area contributed by atoms with Crippen LogP contribution < -0.4 is 10.5 Å². The number of rotatable bonds is 4. The van der Waals surface area contributed by atoms with Gasteiger partial charge in [0.2, 0.25) is 0 Å². The normalized spacial score (nSPS) is 11.4. The van der Waals surface area contributed by atoms with E-state index in [2.05, 4.69) is 0 Å². The molecule has 0 saturated carbocycles. The number of nitrogens with two attached hydrogens (primary N) is 1. The van der Waals surface area contributed by atoms with Crippen molar-refractivity contribution in [3.8, 4) is 5.75 Å². The van der Waals surface area contributed by atoms with Gasteiger partial charge in [-0.25, -0.2) is 12.8 Å². The van der Waals surface area contributed by atoms with Gasteiger partial charge in [0, 0.05) is 5.56 Å². The van der Waals surface area contributed by atoms with E-state index < -0.39 is 15.7 Å². The Bertz CT molecular complexity index is 772. The van der Waals surface area contributed by atoms with Crippen molar-refractivity contribution >= 4 is 15.5 Å². The minimum atomic E-state index is -3.76. The van der Waals surface area contributed by atoms with E-state index in [1.165, 1.54) is 13.2 Å². The van der Waals surface area contributed by atoms with Gasteiger partial charge in [-0.2, -0.15) is 0 Å². The van der Waals surface area contributed by atoms with Crippen LogP contribution in [0.3, 0.4) is 0 Å². The molecule has 0 fully saturated rings. The van der Waals surface area contributed by atoms with Crippen molar-refractivity contribution in [1.29, 1.82) is 0 Å². The summed E-state index contributed by atoms with van der Waals surface area (Å²) in [5.41, 5.74) is 7.11. The van der Waals surface area contributed by atoms with Crippen molar-refractivity contribution in [2.75, 3.05) is 12.8 Å². The summed E-state index contributed by atoms with van der Waals surface area (Å²) in [6.45, 7) is 1.85. The average Bonchev–Trinajstić information content (AvgIpc) is 2.41. The van der Waals surface area contributed by atoms with Crippen LogP contribution in [-0.4, -0.2) is 15.5 Å². The Hall–Kier alpha value is -2.08. The molecular weight excluding hydrogens is 293 g/mol. The minimum Gasteiger partial charge on any atom is -0.496 e. The molecule has 0 spiro atoms. The summed E-state index contributed by atoms with van der Waals surface area (Å²) >= 11 is 0. The quantitative estimate of drug-likeness (QED) is 0.882. The lowest BCUT2D eigenvalue weighted by Crippen LogP contribution is -2.09. The highest BCUT2D eigenvalue weighted by molar-refractivity contribution is 7.90. The van der Waals surface area contributed by atoms with Gasteiger partial charge in [-0.1, -0.05) is 17.7 Å². The molecule has 0 radical (unpaired) electrons. The number of hydrogen-bond acceptors (Lipinski definition) is 4. The van der Waals surface area contributed by atoms with E-state index in [-0.39, 0.29) is 16.3 Å². The molecular formula is C15H16FNO3S. The zero-order valence-corrected chi connectivity index (χ0v) is 12.6. The molecule has 0 aliphatic heterocycles. The van der Waals surface area contributed by atoms with Gasteiger partial charge < -0.3 is 10.5 Å². The van der Waals surface area contributed by atoms with Crippen molar-refractivity contribution in [3.63, 3.8) is 0 Å². The Morgan fingerprint density at radius 2 is 1.90 bits per heavy atom. The summed E-state index contributed by atoms with van der Waals surface area (Å²) in [4.78, 5) is -0.203. The van der Waals surface area contributed by atoms with Crippen molar-refractivity contribution in [1.82, 2.24) is 0 Å². The number of methoxy groups -OCH3 is 1. The summed E-state index contributed by atoms with van der Waals surface area (Å²) in [5, 5.41) is 0. The lowest BCUT2D eigenvalue weighted by Gasteiger charge is -2.11. The number of anilines is 1. The lowest BCUT2D eigenvalue weighted by molar-refractivity contribution is 0.411. The second kappa shape index (κ2) is 5.73. The third-order valence-corrected chi connectivity index (χ3v) is 4.81. The molecule has 2 rings (SSSR count). The van der Waals surface area contributed by atoms with Crippen LogP contribution in [0.4, 0.5) is 10.1 Å². The molecule has 0 bridgehead atoms. The van der Waals surface area contributed by atoms with Crippen molar-refractivity contribution < 1.29 is 17.5 Å². The smallest absolute Gasteiger partial charge is 0.184 e. The molecule has 2 aromatic carbocycles. The van der Waals surface area contributed by atoms with Crippen LogP contribution in [0.5, 0.6) is 5.75 Å². The van der Waals surface area contributed by atoms with Gasteiger partial charge in [0.25, 0.3) is 0 Å². The summed E-state index contributed by atoms with van der Waals surface area (Å²) < 4.78 is 43.4. The Kier molecular flexibility index (Phi) is 4.18. The largest absolute Gasteiger partial charge is 0.496 e. The predicted octanol–water partition coefficient (Wildman–Crippen LogP) is 2.70. The standard InChI is InChI=1S/C15H16FNO3S/c1-10-3-6-14(20-2)11(7-10)9-21(18,19)15-8-12(16)4-5-13(15)17/h3-8H,9,17H2,1-2H3. The number of nitrogen functional groups attached to an aromatic ring is 1. The number of benzene rings is 2. The van der Waals surface area contributed by atoms with Gasteiger partial charge in [-0.3, -0.25) is 0 Å². The Morgan fingerprint density at radius 1 is 1.19 bits per heavy atom. The fourth-order valence-electron chi connectivity index (χ4n) is 2.08. The molecule has 4 nitrogen and oxygen atoms in total. The van der Waals surface area contributed by atoms with Crippen LogP contribution >= 0.6 is 0 Å². The van der Waals surface area contributed by atoms with Crippen LogP contribution in [0.1, 0.15) is 11.1 Å². The molecule has 0 aliphatic carbocycles. The number of hydrogen-bond donors (Lipinski definition) is 1. The Labute approximate surface area is 123 Å². The zero-order valence-electron chi connectivity index (χ0n) is 11.8. The molecule has 2 N–H and O–H groups in total. The monoisotopic (exact) mass is 309 g/mol. The second-order valence-electron chi connectivity index (χ2n) is 4.76. The molecule has 0 saturated heterocycles. The molecule has 21 heavy (non-hydrogen) atoms. The van der Waals surface area contributed by atoms with Gasteiger partial charge in [0.15, 0.2) is 9.84 Å². The third-order valence-electron chi connectivity index (χ3n) is 3.09. The number of halogens is 1. The highest BCUT2D eigenvalue weighted by atomic mass is 32.2. The minimum absolute atomic E-state index is 0.0306. The first-order valence-corrected chi connectivity index (χ1v) is 7.90. The zero-order chi connectivity index (χ0) is 15.6. The molecule has 2 aromatic rings. The predicted molar refractivity (Wildman–Crippen MR) is 79.4 cm³/mol. The van der Waals surface area contributed by atoms with E-state index in [1.807, 2.05) is 13.0 Å². The fraction of sp³-hybridized carbons (Fsp3) is 0.200. The van der Waals surface area contributed by atoms with Crippen LogP contribution in [0.15, 0.2) is 41.3 Å². The topological polar surface area (TPSA) is 69.4 Å². The van der Waals surface area contributed by atoms with Crippen LogP contribution in [0, 0.1) is 12.7 Å². The lowest BCUT2D eigenvalue weighted by atomic mass is 10.1. The van der Waals surface area contributed by atoms with Gasteiger partial charge in [0.1, 0.15) is 11.6 Å². The SMILES string of the molecule is COc1ccc(C)cc1CS(=O)(=O)c1cc(F)ccc1N. The maximum atomic E-state index is 13.3. The molecule has 0 unspecified atom stereocenters. The summed E-state index contributed by atoms with van der Waals surface area (Å²) in [5.74, 6) is -0.468. The number of sulfone groups is 1. The second-order valence-corrected chi connectivity index (χ2v) is 6.71. The van der Waals surface area contributed by atoms with Crippen LogP contribution in [0.2, 0.25) is 0 Å². The third kappa shape index (κ3) is 3.33. The van der Waals surface area contributed by atoms with Crippen LogP contribution in [-0.2, 0) is 15.6 Å². The maximum absolute atomic E-state index is 13.3. The molecule has 0 aromatic heterocycles. The van der Waals surface area contributed by atoms with Gasteiger partial charge >= 0.3 is 0 Å². The van der Waals surface area contributed by atoms with Gasteiger partial charge in [-0.05, 0) is 31.2 Å². The van der Waals surface area contributed by atoms with E-state index in [1.54, 1.807) is 12.1 Å². The summed E-state index contributed by atoms with van der Waals surface area (Å²) in [7, 11) is -2.29. The van der Waals surface area contributed by atoms with E-state index in [0.717, 1.165) is 17.7 Å². The highest BCUT2D eigenvalue weighted by Crippen LogP contribution is 2.28. The van der Waals surface area contributed by atoms with Gasteiger partial charge in [0.05, 0.1) is 23.4 Å². The molecule has 0 heterocycles. The Morgan fingerprint density at radius 3 is 2.57 bits per heavy atom. The summed E-state index contributed by atoms with van der Waals surface area (Å²) in [6, 6.07) is 8.57. The van der Waals surface area contributed by atoms with E-state index in [0.29, 0.717) is 11.3 Å². The number of aryl methyl sites for hydroxylation is 1. The first kappa shape index (κ1) is 15.3. The van der Waals surface area contributed by atoms with Crippen molar-refractivity contribution in [2.24, 2.45) is 0 Å². The molecule has 6 heteroatoms.